The van der Waals surface area contributed by atoms with E-state index in [4.69, 9.17) is 0 Å². The lowest BCUT2D eigenvalue weighted by molar-refractivity contribution is -0.126. The predicted molar refractivity (Wildman–Crippen MR) is 95.1 cm³/mol. The Hall–Kier alpha value is -1.40. The number of aromatic nitrogens is 2. The minimum absolute atomic E-state index is 0.0751. The summed E-state index contributed by atoms with van der Waals surface area (Å²) in [7, 11) is 0. The Balaban J connectivity index is 1.25. The largest absolute Gasteiger partial charge is 0.391 e. The van der Waals surface area contributed by atoms with Crippen molar-refractivity contribution < 1.29 is 9.90 Å². The first kappa shape index (κ1) is 17.0. The number of fused-ring (bicyclic) bond motifs is 1. The Kier molecular flexibility index (Phi) is 5.08. The Morgan fingerprint density at radius 2 is 2.00 bits per heavy atom. The van der Waals surface area contributed by atoms with Gasteiger partial charge in [0.15, 0.2) is 0 Å². The van der Waals surface area contributed by atoms with E-state index in [2.05, 4.69) is 20.4 Å². The number of H-pyrrole nitrogens is 1. The van der Waals surface area contributed by atoms with Crippen LogP contribution in [0.5, 0.6) is 0 Å². The third-order valence-corrected chi connectivity index (χ3v) is 6.43. The summed E-state index contributed by atoms with van der Waals surface area (Å²) in [4.78, 5) is 15.1. The van der Waals surface area contributed by atoms with Crippen molar-refractivity contribution in [1.82, 2.24) is 20.4 Å². The Labute approximate surface area is 149 Å². The highest BCUT2D eigenvalue weighted by Gasteiger charge is 2.33. The molecule has 0 bridgehead atoms. The molecule has 1 aliphatic heterocycles. The molecule has 25 heavy (non-hydrogen) atoms. The van der Waals surface area contributed by atoms with E-state index in [9.17, 15) is 9.90 Å². The van der Waals surface area contributed by atoms with Crippen LogP contribution in [0.1, 0.15) is 56.2 Å². The second-order valence-electron chi connectivity index (χ2n) is 8.05. The van der Waals surface area contributed by atoms with Crippen molar-refractivity contribution in [2.75, 3.05) is 13.1 Å². The van der Waals surface area contributed by atoms with Gasteiger partial charge in [0.25, 0.3) is 0 Å². The quantitative estimate of drug-likeness (QED) is 0.773. The van der Waals surface area contributed by atoms with Crippen LogP contribution in [-0.2, 0) is 17.6 Å². The van der Waals surface area contributed by atoms with Crippen LogP contribution in [-0.4, -0.2) is 57.4 Å². The van der Waals surface area contributed by atoms with Gasteiger partial charge in [-0.1, -0.05) is 12.8 Å². The summed E-state index contributed by atoms with van der Waals surface area (Å²) in [6.45, 7) is 1.98. The average molecular weight is 346 g/mol. The fraction of sp³-hybridized carbons (Fsp3) is 0.789. The fourth-order valence-corrected chi connectivity index (χ4v) is 4.84. The van der Waals surface area contributed by atoms with Crippen LogP contribution < -0.4 is 5.32 Å². The molecule has 0 radical (unpaired) electrons. The summed E-state index contributed by atoms with van der Waals surface area (Å²) in [5.74, 6) is 0.280. The van der Waals surface area contributed by atoms with Gasteiger partial charge < -0.3 is 10.4 Å². The highest BCUT2D eigenvalue weighted by molar-refractivity contribution is 5.79. The van der Waals surface area contributed by atoms with Gasteiger partial charge in [-0.05, 0) is 44.1 Å². The van der Waals surface area contributed by atoms with Crippen LogP contribution >= 0.6 is 0 Å². The number of hydrogen-bond acceptors (Lipinski definition) is 4. The van der Waals surface area contributed by atoms with Crippen LogP contribution in [0, 0.1) is 5.92 Å². The molecule has 6 heteroatoms. The van der Waals surface area contributed by atoms with Crippen molar-refractivity contribution in [2.45, 2.75) is 76.0 Å². The second kappa shape index (κ2) is 7.46. The molecule has 1 saturated carbocycles. The van der Waals surface area contributed by atoms with E-state index >= 15 is 0 Å². The fourth-order valence-electron chi connectivity index (χ4n) is 4.84. The van der Waals surface area contributed by atoms with Gasteiger partial charge in [-0.15, -0.1) is 0 Å². The number of aliphatic hydroxyl groups excluding tert-OH is 1. The lowest BCUT2D eigenvalue weighted by Gasteiger charge is -2.41. The number of aromatic amines is 1. The molecule has 1 aromatic heterocycles. The van der Waals surface area contributed by atoms with E-state index in [0.29, 0.717) is 6.04 Å². The molecule has 2 aliphatic carbocycles. The van der Waals surface area contributed by atoms with Crippen LogP contribution in [0.25, 0.3) is 0 Å². The number of aliphatic hydroxyl groups is 1. The zero-order valence-corrected chi connectivity index (χ0v) is 14.9. The van der Waals surface area contributed by atoms with Gasteiger partial charge in [-0.25, -0.2) is 0 Å². The molecule has 3 aliphatic rings. The van der Waals surface area contributed by atoms with Gasteiger partial charge in [-0.3, -0.25) is 14.8 Å². The maximum Gasteiger partial charge on any atom is 0.223 e. The number of rotatable bonds is 3. The summed E-state index contributed by atoms with van der Waals surface area (Å²) < 4.78 is 0. The molecule has 138 valence electrons. The maximum atomic E-state index is 12.6. The Morgan fingerprint density at radius 1 is 1.20 bits per heavy atom. The number of amides is 1. The van der Waals surface area contributed by atoms with Gasteiger partial charge in [0, 0.05) is 43.2 Å². The first-order valence-corrected chi connectivity index (χ1v) is 9.94. The zero-order chi connectivity index (χ0) is 17.2. The highest BCUT2D eigenvalue weighted by atomic mass is 16.3. The SMILES string of the molecule is O=C(NC1CCN(C2CCCCC2O)CC1)C1CCc2cn[nH]c2C1. The maximum absolute atomic E-state index is 12.6. The number of carbonyl (C=O) groups excluding carboxylic acids is 1. The molecular formula is C19H30N4O2. The monoisotopic (exact) mass is 346 g/mol. The number of piperidine rings is 1. The first-order valence-electron chi connectivity index (χ1n) is 9.94. The smallest absolute Gasteiger partial charge is 0.223 e. The lowest BCUT2D eigenvalue weighted by Crippen LogP contribution is -2.52. The minimum atomic E-state index is -0.161. The van der Waals surface area contributed by atoms with Gasteiger partial charge in [0.2, 0.25) is 5.91 Å². The topological polar surface area (TPSA) is 81.2 Å². The number of hydrogen-bond donors (Lipinski definition) is 3. The van der Waals surface area contributed by atoms with Crippen molar-refractivity contribution in [2.24, 2.45) is 5.92 Å². The molecular weight excluding hydrogens is 316 g/mol. The van der Waals surface area contributed by atoms with E-state index in [1.807, 2.05) is 6.20 Å². The van der Waals surface area contributed by atoms with Gasteiger partial charge >= 0.3 is 0 Å². The molecule has 1 saturated heterocycles. The molecule has 1 amide bonds. The summed E-state index contributed by atoms with van der Waals surface area (Å²) in [5.41, 5.74) is 2.40. The van der Waals surface area contributed by atoms with Crippen LogP contribution in [0.4, 0.5) is 0 Å². The lowest BCUT2D eigenvalue weighted by atomic mass is 9.87. The third-order valence-electron chi connectivity index (χ3n) is 6.43. The van der Waals surface area contributed by atoms with Gasteiger partial charge in [0.1, 0.15) is 0 Å². The molecule has 3 atom stereocenters. The number of likely N-dealkylation sites (tertiary alicyclic amines) is 1. The van der Waals surface area contributed by atoms with Gasteiger partial charge in [0.05, 0.1) is 12.3 Å². The average Bonchev–Trinajstić information content (AvgIpc) is 3.10. The van der Waals surface area contributed by atoms with E-state index in [0.717, 1.165) is 70.2 Å². The van der Waals surface area contributed by atoms with Crippen LogP contribution in [0.2, 0.25) is 0 Å². The van der Waals surface area contributed by atoms with Crippen molar-refractivity contribution in [3.8, 4) is 0 Å². The number of nitrogens with one attached hydrogen (secondary N) is 2. The number of nitrogens with zero attached hydrogens (tertiary/aromatic N) is 2. The molecule has 0 aromatic carbocycles. The van der Waals surface area contributed by atoms with E-state index in [1.54, 1.807) is 0 Å². The molecule has 0 spiro atoms. The Morgan fingerprint density at radius 3 is 2.80 bits per heavy atom. The summed E-state index contributed by atoms with van der Waals surface area (Å²) in [6.07, 6.45) is 10.8. The Bertz CT molecular complexity index is 594. The van der Waals surface area contributed by atoms with Crippen molar-refractivity contribution in [3.05, 3.63) is 17.5 Å². The van der Waals surface area contributed by atoms with Gasteiger partial charge in [-0.2, -0.15) is 5.10 Å². The minimum Gasteiger partial charge on any atom is -0.391 e. The molecule has 6 nitrogen and oxygen atoms in total. The van der Waals surface area contributed by atoms with E-state index in [-0.39, 0.29) is 24.0 Å². The van der Waals surface area contributed by atoms with Crippen LogP contribution in [0.3, 0.4) is 0 Å². The number of carbonyl (C=O) groups is 1. The van der Waals surface area contributed by atoms with Crippen molar-refractivity contribution in [3.63, 3.8) is 0 Å². The zero-order valence-electron chi connectivity index (χ0n) is 14.9. The summed E-state index contributed by atoms with van der Waals surface area (Å²) in [6, 6.07) is 0.621. The molecule has 2 heterocycles. The molecule has 3 N–H and O–H groups in total. The third kappa shape index (κ3) is 3.75. The van der Waals surface area contributed by atoms with Crippen molar-refractivity contribution >= 4 is 5.91 Å². The van der Waals surface area contributed by atoms with E-state index in [1.165, 1.54) is 12.0 Å². The standard InChI is InChI=1S/C19H30N4O2/c24-18-4-2-1-3-17(18)23-9-7-15(8-10-23)21-19(25)13-5-6-14-12-20-22-16(14)11-13/h12-13,15,17-18,24H,1-11H2,(H,20,22)(H,21,25). The van der Waals surface area contributed by atoms with E-state index < -0.39 is 0 Å². The first-order chi connectivity index (χ1) is 12.2. The predicted octanol–water partition coefficient (Wildman–Crippen LogP) is 1.40. The molecule has 3 unspecified atom stereocenters. The second-order valence-corrected chi connectivity index (χ2v) is 8.05. The highest BCUT2D eigenvalue weighted by Crippen LogP contribution is 2.27. The molecule has 1 aromatic rings. The number of aryl methyl sites for hydroxylation is 1. The molecule has 4 rings (SSSR count). The summed E-state index contributed by atoms with van der Waals surface area (Å²) >= 11 is 0. The van der Waals surface area contributed by atoms with Crippen molar-refractivity contribution in [1.29, 1.82) is 0 Å². The summed E-state index contributed by atoms with van der Waals surface area (Å²) in [5, 5.41) is 20.7. The van der Waals surface area contributed by atoms with Crippen LogP contribution in [0.15, 0.2) is 6.20 Å². The normalized spacial score (nSPS) is 31.5. The molecule has 2 fully saturated rings.